The van der Waals surface area contributed by atoms with Crippen molar-refractivity contribution in [1.82, 2.24) is 4.72 Å². The number of halogens is 5. The molecule has 0 bridgehead atoms. The number of hydrogen-bond acceptors (Lipinski definition) is 3. The lowest BCUT2D eigenvalue weighted by atomic mass is 10.3. The second-order valence-corrected chi connectivity index (χ2v) is 5.35. The van der Waals surface area contributed by atoms with Crippen LogP contribution in [0.3, 0.4) is 0 Å². The van der Waals surface area contributed by atoms with E-state index >= 15 is 0 Å². The summed E-state index contributed by atoms with van der Waals surface area (Å²) in [6.45, 7) is -2.25. The molecule has 10 heteroatoms. The van der Waals surface area contributed by atoms with E-state index in [1.807, 2.05) is 0 Å². The van der Waals surface area contributed by atoms with Gasteiger partial charge in [-0.05, 0) is 6.42 Å². The molecule has 104 valence electrons. The van der Waals surface area contributed by atoms with Gasteiger partial charge >= 0.3 is 6.18 Å². The van der Waals surface area contributed by atoms with Gasteiger partial charge in [0.05, 0.1) is 18.8 Å². The van der Waals surface area contributed by atoms with Crippen molar-refractivity contribution >= 4 is 10.0 Å². The van der Waals surface area contributed by atoms with Crippen molar-refractivity contribution in [2.45, 2.75) is 24.9 Å². The van der Waals surface area contributed by atoms with Crippen LogP contribution >= 0.6 is 0 Å². The fraction of sp³-hybridized carbons (Fsp3) is 1.00. The minimum atomic E-state index is -4.46. The molecule has 0 aliphatic heterocycles. The molecule has 0 aromatic carbocycles. The maximum Gasteiger partial charge on any atom is 0.389 e. The molecule has 0 spiro atoms. The summed E-state index contributed by atoms with van der Waals surface area (Å²) < 4.78 is 83.8. The van der Waals surface area contributed by atoms with Crippen LogP contribution in [0.5, 0.6) is 0 Å². The maximum absolute atomic E-state index is 12.6. The van der Waals surface area contributed by atoms with Gasteiger partial charge < -0.3 is 5.73 Å². The number of nitrogens with two attached hydrogens (primary N) is 1. The van der Waals surface area contributed by atoms with Gasteiger partial charge in [-0.1, -0.05) is 0 Å². The van der Waals surface area contributed by atoms with Crippen molar-refractivity contribution < 1.29 is 30.4 Å². The summed E-state index contributed by atoms with van der Waals surface area (Å²) in [5, 5.41) is 0. The van der Waals surface area contributed by atoms with Crippen molar-refractivity contribution in [1.29, 1.82) is 0 Å². The lowest BCUT2D eigenvalue weighted by molar-refractivity contribution is -0.134. The van der Waals surface area contributed by atoms with Crippen molar-refractivity contribution in [3.05, 3.63) is 0 Å². The topological polar surface area (TPSA) is 72.2 Å². The Bertz CT molecular complexity index is 328. The molecular weight excluding hydrogens is 271 g/mol. The molecule has 0 radical (unpaired) electrons. The lowest BCUT2D eigenvalue weighted by Crippen LogP contribution is -2.42. The van der Waals surface area contributed by atoms with E-state index in [0.29, 0.717) is 0 Å². The van der Waals surface area contributed by atoms with Gasteiger partial charge in [0.15, 0.2) is 0 Å². The Labute approximate surface area is 95.4 Å². The summed E-state index contributed by atoms with van der Waals surface area (Å²) in [5.74, 6) is -4.26. The number of alkyl halides is 5. The summed E-state index contributed by atoms with van der Waals surface area (Å²) in [4.78, 5) is 0. The van der Waals surface area contributed by atoms with E-state index in [1.54, 1.807) is 0 Å². The summed E-state index contributed by atoms with van der Waals surface area (Å²) in [6, 6.07) is 0. The second kappa shape index (κ2) is 5.91. The molecule has 0 aliphatic rings. The summed E-state index contributed by atoms with van der Waals surface area (Å²) >= 11 is 0. The predicted octanol–water partition coefficient (Wildman–Crippen LogP) is 0.842. The molecule has 17 heavy (non-hydrogen) atoms. The van der Waals surface area contributed by atoms with Crippen LogP contribution in [0.4, 0.5) is 22.0 Å². The Morgan fingerprint density at radius 2 is 1.65 bits per heavy atom. The Kier molecular flexibility index (Phi) is 5.75. The quantitative estimate of drug-likeness (QED) is 0.681. The SMILES string of the molecule is NCC(F)(F)CNS(=O)(=O)CCCC(F)(F)F. The molecular formula is C7H13F5N2O2S. The van der Waals surface area contributed by atoms with Crippen LogP contribution in [-0.4, -0.2) is 39.4 Å². The zero-order valence-corrected chi connectivity index (χ0v) is 9.54. The van der Waals surface area contributed by atoms with E-state index in [0.717, 1.165) is 0 Å². The Hall–Kier alpha value is -0.480. The minimum absolute atomic E-state index is 0.674. The first-order valence-electron chi connectivity index (χ1n) is 4.59. The molecule has 0 fully saturated rings. The first-order chi connectivity index (χ1) is 7.47. The zero-order chi connectivity index (χ0) is 13.7. The average Bonchev–Trinajstić information content (AvgIpc) is 2.13. The summed E-state index contributed by atoms with van der Waals surface area (Å²) in [7, 11) is -4.13. The van der Waals surface area contributed by atoms with Gasteiger partial charge in [-0.15, -0.1) is 0 Å². The summed E-state index contributed by atoms with van der Waals surface area (Å²) in [6.07, 6.45) is -6.41. The molecule has 0 aliphatic carbocycles. The molecule has 0 saturated carbocycles. The van der Waals surface area contributed by atoms with Crippen LogP contribution in [-0.2, 0) is 10.0 Å². The van der Waals surface area contributed by atoms with Crippen LogP contribution in [0.1, 0.15) is 12.8 Å². The van der Waals surface area contributed by atoms with Gasteiger partial charge in [0, 0.05) is 6.42 Å². The number of hydrogen-bond donors (Lipinski definition) is 2. The normalized spacial score (nSPS) is 14.0. The van der Waals surface area contributed by atoms with E-state index in [4.69, 9.17) is 0 Å². The molecule has 0 saturated heterocycles. The maximum atomic E-state index is 12.6. The highest BCUT2D eigenvalue weighted by Gasteiger charge is 2.30. The van der Waals surface area contributed by atoms with Gasteiger partial charge in [-0.2, -0.15) is 13.2 Å². The van der Waals surface area contributed by atoms with Gasteiger partial charge in [0.2, 0.25) is 10.0 Å². The van der Waals surface area contributed by atoms with Crippen molar-refractivity contribution in [2.75, 3.05) is 18.8 Å². The number of rotatable bonds is 7. The molecule has 0 atom stereocenters. The van der Waals surface area contributed by atoms with Gasteiger partial charge in [-0.25, -0.2) is 21.9 Å². The molecule has 3 N–H and O–H groups in total. The second-order valence-electron chi connectivity index (χ2n) is 3.42. The van der Waals surface area contributed by atoms with E-state index in [2.05, 4.69) is 5.73 Å². The molecule has 0 heterocycles. The van der Waals surface area contributed by atoms with Gasteiger partial charge in [-0.3, -0.25) is 0 Å². The minimum Gasteiger partial charge on any atom is -0.325 e. The molecule has 0 aromatic rings. The fourth-order valence-electron chi connectivity index (χ4n) is 0.823. The van der Waals surface area contributed by atoms with Crippen LogP contribution in [0.15, 0.2) is 0 Å². The third-order valence-electron chi connectivity index (χ3n) is 1.72. The van der Waals surface area contributed by atoms with Crippen LogP contribution in [0, 0.1) is 0 Å². The highest BCUT2D eigenvalue weighted by molar-refractivity contribution is 7.89. The predicted molar refractivity (Wildman–Crippen MR) is 51.1 cm³/mol. The Morgan fingerprint density at radius 3 is 2.06 bits per heavy atom. The van der Waals surface area contributed by atoms with Gasteiger partial charge in [0.1, 0.15) is 0 Å². The lowest BCUT2D eigenvalue weighted by Gasteiger charge is -2.14. The van der Waals surface area contributed by atoms with Crippen LogP contribution in [0.2, 0.25) is 0 Å². The first-order valence-corrected chi connectivity index (χ1v) is 6.25. The molecule has 4 nitrogen and oxygen atoms in total. The number of sulfonamides is 1. The third-order valence-corrected chi connectivity index (χ3v) is 3.13. The summed E-state index contributed by atoms with van der Waals surface area (Å²) in [5.41, 5.74) is 4.66. The monoisotopic (exact) mass is 284 g/mol. The van der Waals surface area contributed by atoms with E-state index < -0.39 is 53.8 Å². The van der Waals surface area contributed by atoms with E-state index in [9.17, 15) is 30.4 Å². The molecule has 0 unspecified atom stereocenters. The largest absolute Gasteiger partial charge is 0.389 e. The molecule has 0 aromatic heterocycles. The van der Waals surface area contributed by atoms with Gasteiger partial charge in [0.25, 0.3) is 5.92 Å². The van der Waals surface area contributed by atoms with Crippen molar-refractivity contribution in [3.63, 3.8) is 0 Å². The molecule has 0 amide bonds. The molecule has 0 rings (SSSR count). The van der Waals surface area contributed by atoms with E-state index in [-0.39, 0.29) is 0 Å². The Morgan fingerprint density at radius 1 is 1.12 bits per heavy atom. The van der Waals surface area contributed by atoms with Crippen molar-refractivity contribution in [3.8, 4) is 0 Å². The highest BCUT2D eigenvalue weighted by atomic mass is 32.2. The fourth-order valence-corrected chi connectivity index (χ4v) is 1.92. The van der Waals surface area contributed by atoms with Crippen LogP contribution in [0.25, 0.3) is 0 Å². The smallest absolute Gasteiger partial charge is 0.325 e. The zero-order valence-electron chi connectivity index (χ0n) is 8.73. The van der Waals surface area contributed by atoms with E-state index in [1.165, 1.54) is 4.72 Å². The standard InChI is InChI=1S/C7H13F5N2O2S/c8-6(9,4-13)5-14-17(15,16)3-1-2-7(10,11)12/h14H,1-5,13H2. The Balaban J connectivity index is 4.06. The third kappa shape index (κ3) is 9.24. The van der Waals surface area contributed by atoms with Crippen LogP contribution < -0.4 is 10.5 Å². The van der Waals surface area contributed by atoms with Crippen molar-refractivity contribution in [2.24, 2.45) is 5.73 Å². The first kappa shape index (κ1) is 16.5. The average molecular weight is 284 g/mol. The highest BCUT2D eigenvalue weighted by Crippen LogP contribution is 2.21. The number of nitrogens with one attached hydrogen (secondary N) is 1.